The van der Waals surface area contributed by atoms with Crippen molar-refractivity contribution in [1.82, 2.24) is 4.98 Å². The van der Waals surface area contributed by atoms with Crippen molar-refractivity contribution in [3.8, 4) is 0 Å². The normalized spacial score (nSPS) is 11.2. The highest BCUT2D eigenvalue weighted by molar-refractivity contribution is 7.22. The summed E-state index contributed by atoms with van der Waals surface area (Å²) in [6, 6.07) is 12.6. The van der Waals surface area contributed by atoms with E-state index in [9.17, 15) is 0 Å². The van der Waals surface area contributed by atoms with Gasteiger partial charge in [-0.1, -0.05) is 41.7 Å². The number of rotatable bonds is 4. The molecule has 0 bridgehead atoms. The second-order valence-corrected chi connectivity index (χ2v) is 5.10. The molecule has 0 amide bonds. The Bertz CT molecular complexity index is 678. The van der Waals surface area contributed by atoms with E-state index < -0.39 is 0 Å². The van der Waals surface area contributed by atoms with Gasteiger partial charge in [0.25, 0.3) is 0 Å². The molecule has 2 aromatic carbocycles. The van der Waals surface area contributed by atoms with Gasteiger partial charge in [-0.05, 0) is 11.5 Å². The number of nitrogens with zero attached hydrogens (tertiary/aromatic N) is 1. The molecule has 3 rings (SSSR count). The summed E-state index contributed by atoms with van der Waals surface area (Å²) in [6.45, 7) is 1.48. The van der Waals surface area contributed by atoms with Crippen molar-refractivity contribution in [3.05, 3.63) is 36.4 Å². The fourth-order valence-electron chi connectivity index (χ4n) is 2.00. The highest BCUT2D eigenvalue weighted by Crippen LogP contribution is 2.31. The maximum absolute atomic E-state index is 5.02. The number of methoxy groups -OCH3 is 1. The topological polar surface area (TPSA) is 34.1 Å². The SMILES string of the molecule is COCCNc1nc2c(ccc3ccccc32)s1. The summed E-state index contributed by atoms with van der Waals surface area (Å²) in [5.74, 6) is 0. The first kappa shape index (κ1) is 11.4. The van der Waals surface area contributed by atoms with E-state index in [4.69, 9.17) is 4.74 Å². The van der Waals surface area contributed by atoms with Gasteiger partial charge in [-0.15, -0.1) is 0 Å². The van der Waals surface area contributed by atoms with Crippen LogP contribution in [0.5, 0.6) is 0 Å². The predicted octanol–water partition coefficient (Wildman–Crippen LogP) is 3.51. The summed E-state index contributed by atoms with van der Waals surface area (Å²) in [5.41, 5.74) is 1.08. The molecule has 4 heteroatoms. The standard InChI is InChI=1S/C14H14N2OS/c1-17-9-8-15-14-16-13-11-5-3-2-4-10(11)6-7-12(13)18-14/h2-7H,8-9H2,1H3,(H,15,16). The zero-order valence-electron chi connectivity index (χ0n) is 10.1. The molecule has 0 radical (unpaired) electrons. The average Bonchev–Trinajstić information content (AvgIpc) is 2.82. The molecule has 0 fully saturated rings. The van der Waals surface area contributed by atoms with Gasteiger partial charge in [0.2, 0.25) is 0 Å². The highest BCUT2D eigenvalue weighted by Gasteiger charge is 2.06. The number of aromatic nitrogens is 1. The first-order chi connectivity index (χ1) is 8.88. The molecular weight excluding hydrogens is 244 g/mol. The Morgan fingerprint density at radius 1 is 1.22 bits per heavy atom. The molecule has 1 heterocycles. The Morgan fingerprint density at radius 2 is 2.11 bits per heavy atom. The number of fused-ring (bicyclic) bond motifs is 3. The van der Waals surface area contributed by atoms with Crippen LogP contribution in [0.15, 0.2) is 36.4 Å². The number of anilines is 1. The van der Waals surface area contributed by atoms with Crippen LogP contribution in [0.2, 0.25) is 0 Å². The van der Waals surface area contributed by atoms with Gasteiger partial charge in [-0.3, -0.25) is 0 Å². The number of hydrogen-bond donors (Lipinski definition) is 1. The van der Waals surface area contributed by atoms with Gasteiger partial charge in [0.1, 0.15) is 0 Å². The molecule has 1 N–H and O–H groups in total. The Labute approximate surface area is 109 Å². The van der Waals surface area contributed by atoms with Crippen LogP contribution in [-0.2, 0) is 4.74 Å². The molecule has 3 aromatic rings. The molecule has 0 saturated heterocycles. The van der Waals surface area contributed by atoms with E-state index in [1.54, 1.807) is 18.4 Å². The van der Waals surface area contributed by atoms with Crippen molar-refractivity contribution < 1.29 is 4.74 Å². The van der Waals surface area contributed by atoms with Gasteiger partial charge in [-0.2, -0.15) is 0 Å². The van der Waals surface area contributed by atoms with Crippen molar-refractivity contribution in [2.24, 2.45) is 0 Å². The van der Waals surface area contributed by atoms with Gasteiger partial charge in [0, 0.05) is 19.0 Å². The van der Waals surface area contributed by atoms with E-state index in [1.165, 1.54) is 15.5 Å². The Morgan fingerprint density at radius 3 is 3.00 bits per heavy atom. The monoisotopic (exact) mass is 258 g/mol. The number of nitrogens with one attached hydrogen (secondary N) is 1. The lowest BCUT2D eigenvalue weighted by Gasteiger charge is -1.99. The molecule has 0 spiro atoms. The van der Waals surface area contributed by atoms with Gasteiger partial charge in [0.05, 0.1) is 16.8 Å². The van der Waals surface area contributed by atoms with Crippen LogP contribution >= 0.6 is 11.3 Å². The third kappa shape index (κ3) is 2.05. The molecule has 0 aliphatic rings. The largest absolute Gasteiger partial charge is 0.383 e. The molecule has 0 aliphatic heterocycles. The molecule has 0 saturated carbocycles. The van der Waals surface area contributed by atoms with Crippen LogP contribution in [-0.4, -0.2) is 25.2 Å². The lowest BCUT2D eigenvalue weighted by molar-refractivity contribution is 0.211. The number of thiazole rings is 1. The van der Waals surface area contributed by atoms with Crippen LogP contribution in [0.4, 0.5) is 5.13 Å². The summed E-state index contributed by atoms with van der Waals surface area (Å²) >= 11 is 1.68. The zero-order chi connectivity index (χ0) is 12.4. The van der Waals surface area contributed by atoms with E-state index in [1.807, 2.05) is 0 Å². The molecule has 18 heavy (non-hydrogen) atoms. The van der Waals surface area contributed by atoms with Crippen LogP contribution in [0, 0.1) is 0 Å². The minimum absolute atomic E-state index is 0.691. The first-order valence-corrected chi connectivity index (χ1v) is 6.71. The summed E-state index contributed by atoms with van der Waals surface area (Å²) in [5, 5.41) is 6.69. The molecular formula is C14H14N2OS. The number of hydrogen-bond acceptors (Lipinski definition) is 4. The van der Waals surface area contributed by atoms with Crippen LogP contribution in [0.3, 0.4) is 0 Å². The maximum atomic E-state index is 5.02. The van der Waals surface area contributed by atoms with E-state index in [0.717, 1.165) is 17.2 Å². The Balaban J connectivity index is 2.03. The summed E-state index contributed by atoms with van der Waals surface area (Å²) in [4.78, 5) is 4.66. The highest BCUT2D eigenvalue weighted by atomic mass is 32.1. The minimum atomic E-state index is 0.691. The fraction of sp³-hybridized carbons (Fsp3) is 0.214. The number of benzene rings is 2. The van der Waals surface area contributed by atoms with Crippen molar-refractivity contribution >= 4 is 37.5 Å². The minimum Gasteiger partial charge on any atom is -0.383 e. The Hall–Kier alpha value is -1.65. The molecule has 0 aliphatic carbocycles. The average molecular weight is 258 g/mol. The smallest absolute Gasteiger partial charge is 0.183 e. The van der Waals surface area contributed by atoms with E-state index in [-0.39, 0.29) is 0 Å². The lowest BCUT2D eigenvalue weighted by atomic mass is 10.1. The van der Waals surface area contributed by atoms with Gasteiger partial charge in [0.15, 0.2) is 5.13 Å². The van der Waals surface area contributed by atoms with Crippen molar-refractivity contribution in [2.75, 3.05) is 25.6 Å². The zero-order valence-corrected chi connectivity index (χ0v) is 11.0. The van der Waals surface area contributed by atoms with Gasteiger partial charge in [-0.25, -0.2) is 4.98 Å². The molecule has 3 nitrogen and oxygen atoms in total. The second kappa shape index (κ2) is 4.92. The Kier molecular flexibility index (Phi) is 3.13. The first-order valence-electron chi connectivity index (χ1n) is 5.89. The van der Waals surface area contributed by atoms with Gasteiger partial charge < -0.3 is 10.1 Å². The van der Waals surface area contributed by atoms with Crippen LogP contribution < -0.4 is 5.32 Å². The fourth-order valence-corrected chi connectivity index (χ4v) is 2.90. The number of ether oxygens (including phenoxy) is 1. The van der Waals surface area contributed by atoms with E-state index in [0.29, 0.717) is 6.61 Å². The van der Waals surface area contributed by atoms with Crippen molar-refractivity contribution in [3.63, 3.8) is 0 Å². The van der Waals surface area contributed by atoms with Crippen LogP contribution in [0.1, 0.15) is 0 Å². The second-order valence-electron chi connectivity index (χ2n) is 4.07. The summed E-state index contributed by atoms with van der Waals surface area (Å²) < 4.78 is 6.24. The van der Waals surface area contributed by atoms with E-state index in [2.05, 4.69) is 46.7 Å². The van der Waals surface area contributed by atoms with Crippen molar-refractivity contribution in [1.29, 1.82) is 0 Å². The lowest BCUT2D eigenvalue weighted by Crippen LogP contribution is -2.06. The third-order valence-electron chi connectivity index (χ3n) is 2.87. The molecule has 0 atom stereocenters. The molecule has 92 valence electrons. The van der Waals surface area contributed by atoms with Crippen molar-refractivity contribution in [2.45, 2.75) is 0 Å². The summed E-state index contributed by atoms with van der Waals surface area (Å²) in [6.07, 6.45) is 0. The molecule has 1 aromatic heterocycles. The quantitative estimate of drug-likeness (QED) is 0.727. The maximum Gasteiger partial charge on any atom is 0.183 e. The van der Waals surface area contributed by atoms with Gasteiger partial charge >= 0.3 is 0 Å². The third-order valence-corrected chi connectivity index (χ3v) is 3.84. The predicted molar refractivity (Wildman–Crippen MR) is 77.5 cm³/mol. The van der Waals surface area contributed by atoms with Crippen LogP contribution in [0.25, 0.3) is 21.0 Å². The van der Waals surface area contributed by atoms with E-state index >= 15 is 0 Å². The summed E-state index contributed by atoms with van der Waals surface area (Å²) in [7, 11) is 1.70. The molecule has 0 unspecified atom stereocenters.